The molecule has 1 fully saturated rings. The number of primary amides is 1. The smallest absolute Gasteiger partial charge is 0.328 e. The number of nitrogens with two attached hydrogens (primary N) is 1. The van der Waals surface area contributed by atoms with Crippen molar-refractivity contribution in [3.63, 3.8) is 0 Å². The number of carboxylic acid groups (broad SMARTS) is 1. The third-order valence-corrected chi connectivity index (χ3v) is 2.75. The summed E-state index contributed by atoms with van der Waals surface area (Å²) >= 11 is 0. The summed E-state index contributed by atoms with van der Waals surface area (Å²) in [5.41, 5.74) is 5.14. The lowest BCUT2D eigenvalue weighted by Gasteiger charge is -2.34. The summed E-state index contributed by atoms with van der Waals surface area (Å²) in [6, 6.07) is -3.18. The SMILES string of the molecule is CC(O)C(NC(=O)N1CCOCC1C(N)=O)C(=O)O. The van der Waals surface area contributed by atoms with E-state index in [-0.39, 0.29) is 19.8 Å². The van der Waals surface area contributed by atoms with Crippen LogP contribution in [0.4, 0.5) is 4.79 Å². The maximum absolute atomic E-state index is 11.9. The molecule has 0 aromatic carbocycles. The first-order chi connectivity index (χ1) is 8.84. The van der Waals surface area contributed by atoms with Crippen LogP contribution in [0, 0.1) is 0 Å². The molecule has 0 radical (unpaired) electrons. The molecule has 1 heterocycles. The molecule has 1 rings (SSSR count). The zero-order valence-corrected chi connectivity index (χ0v) is 10.4. The Hall–Kier alpha value is -1.87. The summed E-state index contributed by atoms with van der Waals surface area (Å²) in [7, 11) is 0. The predicted octanol–water partition coefficient (Wildman–Crippen LogP) is -2.28. The van der Waals surface area contributed by atoms with Gasteiger partial charge < -0.3 is 30.9 Å². The molecule has 5 N–H and O–H groups in total. The lowest BCUT2D eigenvalue weighted by molar-refractivity contribution is -0.141. The molecule has 0 bridgehead atoms. The van der Waals surface area contributed by atoms with Gasteiger partial charge in [-0.1, -0.05) is 0 Å². The normalized spacial score (nSPS) is 22.4. The number of hydrogen-bond donors (Lipinski definition) is 4. The lowest BCUT2D eigenvalue weighted by Crippen LogP contribution is -2.60. The van der Waals surface area contributed by atoms with Gasteiger partial charge in [-0.3, -0.25) is 4.79 Å². The summed E-state index contributed by atoms with van der Waals surface area (Å²) in [4.78, 5) is 35.1. The molecule has 19 heavy (non-hydrogen) atoms. The molecular weight excluding hydrogens is 258 g/mol. The summed E-state index contributed by atoms with van der Waals surface area (Å²) in [6.45, 7) is 1.55. The van der Waals surface area contributed by atoms with Crippen LogP contribution in [0.5, 0.6) is 0 Å². The van der Waals surface area contributed by atoms with Gasteiger partial charge in [-0.25, -0.2) is 9.59 Å². The molecule has 0 spiro atoms. The van der Waals surface area contributed by atoms with E-state index < -0.39 is 36.1 Å². The number of nitrogens with one attached hydrogen (secondary N) is 1. The summed E-state index contributed by atoms with van der Waals surface area (Å²) in [6.07, 6.45) is -1.27. The Morgan fingerprint density at radius 3 is 2.58 bits per heavy atom. The minimum atomic E-state index is -1.45. The molecule has 3 amide bonds. The highest BCUT2D eigenvalue weighted by molar-refractivity contribution is 5.88. The quantitative estimate of drug-likeness (QED) is 0.455. The number of hydrogen-bond acceptors (Lipinski definition) is 5. The Kier molecular flexibility index (Phi) is 5.07. The van der Waals surface area contributed by atoms with Gasteiger partial charge in [0.2, 0.25) is 5.91 Å². The van der Waals surface area contributed by atoms with E-state index in [1.54, 1.807) is 0 Å². The van der Waals surface area contributed by atoms with E-state index in [9.17, 15) is 19.5 Å². The van der Waals surface area contributed by atoms with Crippen molar-refractivity contribution in [3.8, 4) is 0 Å². The number of carbonyl (C=O) groups excluding carboxylic acids is 2. The molecule has 1 aliphatic heterocycles. The fraction of sp³-hybridized carbons (Fsp3) is 0.700. The second kappa shape index (κ2) is 6.34. The van der Waals surface area contributed by atoms with Crippen molar-refractivity contribution in [2.24, 2.45) is 5.73 Å². The van der Waals surface area contributed by atoms with E-state index in [0.717, 1.165) is 4.90 Å². The predicted molar refractivity (Wildman–Crippen MR) is 62.1 cm³/mol. The number of carbonyl (C=O) groups is 3. The van der Waals surface area contributed by atoms with Gasteiger partial charge >= 0.3 is 12.0 Å². The second-order valence-electron chi connectivity index (χ2n) is 4.19. The van der Waals surface area contributed by atoms with Crippen LogP contribution in [0.25, 0.3) is 0 Å². The fourth-order valence-electron chi connectivity index (χ4n) is 1.69. The van der Waals surface area contributed by atoms with Gasteiger partial charge in [0.1, 0.15) is 6.04 Å². The van der Waals surface area contributed by atoms with Crippen molar-refractivity contribution in [2.75, 3.05) is 19.8 Å². The largest absolute Gasteiger partial charge is 0.480 e. The first-order valence-electron chi connectivity index (χ1n) is 5.69. The lowest BCUT2D eigenvalue weighted by atomic mass is 10.2. The van der Waals surface area contributed by atoms with E-state index in [2.05, 4.69) is 5.32 Å². The van der Waals surface area contributed by atoms with Crippen LogP contribution >= 0.6 is 0 Å². The molecule has 9 nitrogen and oxygen atoms in total. The minimum Gasteiger partial charge on any atom is -0.480 e. The number of carboxylic acids is 1. The van der Waals surface area contributed by atoms with E-state index >= 15 is 0 Å². The third kappa shape index (κ3) is 3.80. The van der Waals surface area contributed by atoms with Gasteiger partial charge in [0.25, 0.3) is 0 Å². The topological polar surface area (TPSA) is 142 Å². The van der Waals surface area contributed by atoms with Gasteiger partial charge in [0.15, 0.2) is 6.04 Å². The number of urea groups is 1. The standard InChI is InChI=1S/C10H17N3O6/c1-5(14)7(9(16)17)12-10(18)13-2-3-19-4-6(13)8(11)15/h5-7,14H,2-4H2,1H3,(H2,11,15)(H,12,18)(H,16,17). The number of ether oxygens (including phenoxy) is 1. The van der Waals surface area contributed by atoms with E-state index in [4.69, 9.17) is 15.6 Å². The maximum Gasteiger partial charge on any atom is 0.328 e. The third-order valence-electron chi connectivity index (χ3n) is 2.75. The van der Waals surface area contributed by atoms with Crippen LogP contribution in [0.1, 0.15) is 6.92 Å². The number of nitrogens with zero attached hydrogens (tertiary/aromatic N) is 1. The van der Waals surface area contributed by atoms with Crippen LogP contribution in [0.2, 0.25) is 0 Å². The Bertz CT molecular complexity index is 372. The van der Waals surface area contributed by atoms with Crippen LogP contribution in [-0.2, 0) is 14.3 Å². The van der Waals surface area contributed by atoms with E-state index in [1.165, 1.54) is 6.92 Å². The van der Waals surface area contributed by atoms with Crippen molar-refractivity contribution in [1.29, 1.82) is 0 Å². The highest BCUT2D eigenvalue weighted by Gasteiger charge is 2.34. The number of rotatable bonds is 4. The molecule has 0 aromatic rings. The van der Waals surface area contributed by atoms with Crippen molar-refractivity contribution >= 4 is 17.9 Å². The Balaban J connectivity index is 2.74. The number of aliphatic hydroxyl groups is 1. The van der Waals surface area contributed by atoms with Gasteiger partial charge in [-0.2, -0.15) is 0 Å². The van der Waals surface area contributed by atoms with Gasteiger partial charge in [0, 0.05) is 6.54 Å². The monoisotopic (exact) mass is 275 g/mol. The number of morpholine rings is 1. The first-order valence-corrected chi connectivity index (χ1v) is 5.69. The fourth-order valence-corrected chi connectivity index (χ4v) is 1.69. The molecule has 3 atom stereocenters. The van der Waals surface area contributed by atoms with Gasteiger partial charge in [-0.05, 0) is 6.92 Å². The summed E-state index contributed by atoms with van der Waals surface area (Å²) in [5.74, 6) is -2.11. The van der Waals surface area contributed by atoms with Crippen molar-refractivity contribution in [2.45, 2.75) is 25.1 Å². The molecule has 0 saturated carbocycles. The summed E-state index contributed by atoms with van der Waals surface area (Å²) < 4.78 is 5.04. The second-order valence-corrected chi connectivity index (χ2v) is 4.19. The highest BCUT2D eigenvalue weighted by Crippen LogP contribution is 2.07. The van der Waals surface area contributed by atoms with Crippen LogP contribution in [0.3, 0.4) is 0 Å². The molecule has 9 heteroatoms. The van der Waals surface area contributed by atoms with Gasteiger partial charge in [-0.15, -0.1) is 0 Å². The number of amides is 3. The maximum atomic E-state index is 11.9. The Labute approximate surface area is 109 Å². The first kappa shape index (κ1) is 15.2. The average Bonchev–Trinajstić information content (AvgIpc) is 2.34. The van der Waals surface area contributed by atoms with E-state index in [0.29, 0.717) is 0 Å². The Morgan fingerprint density at radius 2 is 2.11 bits per heavy atom. The van der Waals surface area contributed by atoms with E-state index in [1.807, 2.05) is 0 Å². The molecule has 108 valence electrons. The van der Waals surface area contributed by atoms with Crippen molar-refractivity contribution in [1.82, 2.24) is 10.2 Å². The Morgan fingerprint density at radius 1 is 1.47 bits per heavy atom. The summed E-state index contributed by atoms with van der Waals surface area (Å²) in [5, 5.41) is 20.3. The molecule has 1 aliphatic rings. The molecule has 0 aromatic heterocycles. The van der Waals surface area contributed by atoms with Crippen molar-refractivity contribution < 1.29 is 29.3 Å². The highest BCUT2D eigenvalue weighted by atomic mass is 16.5. The van der Waals surface area contributed by atoms with Crippen LogP contribution in [0.15, 0.2) is 0 Å². The van der Waals surface area contributed by atoms with Crippen molar-refractivity contribution in [3.05, 3.63) is 0 Å². The number of aliphatic carboxylic acids is 1. The molecule has 3 unspecified atom stereocenters. The minimum absolute atomic E-state index is 0.0326. The molecular formula is C10H17N3O6. The molecule has 0 aliphatic carbocycles. The molecule has 1 saturated heterocycles. The van der Waals surface area contributed by atoms with Crippen LogP contribution < -0.4 is 11.1 Å². The zero-order chi connectivity index (χ0) is 14.6. The zero-order valence-electron chi connectivity index (χ0n) is 10.4. The average molecular weight is 275 g/mol. The number of aliphatic hydroxyl groups excluding tert-OH is 1. The van der Waals surface area contributed by atoms with Gasteiger partial charge in [0.05, 0.1) is 19.3 Å². The van der Waals surface area contributed by atoms with Crippen LogP contribution in [-0.4, -0.2) is 71.0 Å².